The number of anilines is 4. The molecule has 0 aliphatic rings. The van der Waals surface area contributed by atoms with Crippen LogP contribution in [0.25, 0.3) is 21.5 Å². The molecule has 7 aromatic rings. The first-order valence-corrected chi connectivity index (χ1v) is 32.1. The molecule has 0 aliphatic carbocycles. The zero-order valence-electron chi connectivity index (χ0n) is 40.1. The lowest BCUT2D eigenvalue weighted by Gasteiger charge is -2.16. The SMILES string of the molecule is O=S(=O)(O)OCCS(=O)(=O)c1ccc(N=Nc2c(S(=O)(=O)O)cc3c(S(=O)(=O)O)c(Nc4nc(Cl)nc(Nc5cc(S(=O)(=O)O)cc6cc(SOOO)c(N=Nc7ccc(S(=O)(=O)CCOSOOO)cc7)c(O)c56)n4)ccc3c2O)cc1. The van der Waals surface area contributed by atoms with E-state index < -0.39 is 167 Å². The molecular weight excluding hydrogens is 1300 g/mol. The topological polar surface area (TPSA) is 534 Å². The molecule has 0 saturated heterocycles. The fourth-order valence-corrected chi connectivity index (χ4v) is 12.6. The number of sulfone groups is 2. The number of fused-ring (bicyclic) bond motifs is 2. The molecular formula is C39H32ClN9O26S8. The first kappa shape index (κ1) is 64.0. The summed E-state index contributed by atoms with van der Waals surface area (Å²) in [6.45, 7) is -1.34. The summed E-state index contributed by atoms with van der Waals surface area (Å²) in [5.41, 5.74) is -2.86. The highest BCUT2D eigenvalue weighted by molar-refractivity contribution is 7.94. The number of phenolic OH excluding ortho intramolecular Hbond substituents is 2. The maximum atomic E-state index is 13.1. The Balaban J connectivity index is 1.25. The Labute approximate surface area is 479 Å². The van der Waals surface area contributed by atoms with Crippen molar-refractivity contribution in [3.63, 3.8) is 0 Å². The van der Waals surface area contributed by atoms with E-state index in [1.54, 1.807) is 0 Å². The summed E-state index contributed by atoms with van der Waals surface area (Å²) in [5.74, 6) is -4.78. The molecule has 6 aromatic carbocycles. The molecule has 0 unspecified atom stereocenters. The quantitative estimate of drug-likeness (QED) is 0.00645. The maximum absolute atomic E-state index is 13.1. The fourth-order valence-electron chi connectivity index (χ4n) is 7.04. The van der Waals surface area contributed by atoms with Crippen molar-refractivity contribution in [1.29, 1.82) is 0 Å². The summed E-state index contributed by atoms with van der Waals surface area (Å²) in [6, 6.07) is 13.8. The summed E-state index contributed by atoms with van der Waals surface area (Å²) in [5, 5.41) is 65.1. The van der Waals surface area contributed by atoms with Gasteiger partial charge in [-0.05, 0) is 102 Å². The smallest absolute Gasteiger partial charge is 0.397 e. The number of azo groups is 2. The third-order valence-corrected chi connectivity index (χ3v) is 18.1. The van der Waals surface area contributed by atoms with E-state index in [4.69, 9.17) is 30.9 Å². The van der Waals surface area contributed by atoms with Gasteiger partial charge in [-0.25, -0.2) is 31.5 Å². The standard InChI is InChI=1S/C39H32ClN9O26S8/c40-37-43-38(41-27-10-9-25-26(36(27)82(64,65)66)18-30(81(61,62)63)33(34(25)50)49-47-21-3-7-23(8-4-21)79(56,57)14-12-71-83(67,68)69)45-39(44-37)42-28-17-24(80(58,59)60)15-19-16-29(76-74-72-52)32(35(51)31(19)28)48-46-20-1-5-22(6-2-20)78(54,55)13-11-70-77-75-73-53/h1-10,15-18,50-53H,11-14H2,(H,58,59,60)(H,61,62,63)(H,64,65,66)(H,67,68,69)(H2,41,42,43,44,45). The molecule has 7 rings (SSSR count). The molecule has 0 atom stereocenters. The number of phenols is 2. The summed E-state index contributed by atoms with van der Waals surface area (Å²) in [6.07, 6.45) is 0. The third kappa shape index (κ3) is 16.2. The van der Waals surface area contributed by atoms with E-state index in [9.17, 15) is 74.4 Å². The second-order valence-electron chi connectivity index (χ2n) is 15.7. The van der Waals surface area contributed by atoms with Crippen molar-refractivity contribution in [2.45, 2.75) is 29.4 Å². The van der Waals surface area contributed by atoms with Gasteiger partial charge in [0.2, 0.25) is 17.2 Å². The van der Waals surface area contributed by atoms with Gasteiger partial charge in [0.1, 0.15) is 21.2 Å². The summed E-state index contributed by atoms with van der Waals surface area (Å²) in [7, 11) is -29.2. The Kier molecular flexibility index (Phi) is 19.9. The van der Waals surface area contributed by atoms with Crippen LogP contribution in [0.4, 0.5) is 46.0 Å². The van der Waals surface area contributed by atoms with E-state index in [2.05, 4.69) is 69.0 Å². The number of rotatable bonds is 26. The number of nitrogens with zero attached hydrogens (tertiary/aromatic N) is 7. The zero-order chi connectivity index (χ0) is 60.9. The van der Waals surface area contributed by atoms with Crippen LogP contribution in [-0.4, -0.2) is 129 Å². The molecule has 0 amide bonds. The Morgan fingerprint density at radius 2 is 1.11 bits per heavy atom. The first-order chi connectivity index (χ1) is 38.8. The Morgan fingerprint density at radius 1 is 0.554 bits per heavy atom. The number of aromatic hydroxyl groups is 2. The Morgan fingerprint density at radius 3 is 1.64 bits per heavy atom. The fraction of sp³-hybridized carbons (Fsp3) is 0.103. The molecule has 1 aromatic heterocycles. The number of halogens is 1. The van der Waals surface area contributed by atoms with Crippen molar-refractivity contribution in [1.82, 2.24) is 15.0 Å². The van der Waals surface area contributed by atoms with Crippen LogP contribution in [0.15, 0.2) is 135 Å². The highest BCUT2D eigenvalue weighted by Gasteiger charge is 2.29. The molecule has 0 spiro atoms. The number of nitrogens with one attached hydrogen (secondary N) is 2. The minimum atomic E-state index is -5.55. The molecule has 35 nitrogen and oxygen atoms in total. The predicted molar refractivity (Wildman–Crippen MR) is 284 cm³/mol. The van der Waals surface area contributed by atoms with Crippen LogP contribution in [0.5, 0.6) is 11.5 Å². The lowest BCUT2D eigenvalue weighted by Crippen LogP contribution is -2.15. The predicted octanol–water partition coefficient (Wildman–Crippen LogP) is 7.10. The van der Waals surface area contributed by atoms with Gasteiger partial charge in [0.25, 0.3) is 30.4 Å². The van der Waals surface area contributed by atoms with Crippen molar-refractivity contribution < 1.29 is 117 Å². The molecule has 1 heterocycles. The van der Waals surface area contributed by atoms with Crippen molar-refractivity contribution in [2.75, 3.05) is 35.4 Å². The van der Waals surface area contributed by atoms with Crippen LogP contribution in [0, 0.1) is 0 Å². The lowest BCUT2D eigenvalue weighted by atomic mass is 10.1. The molecule has 0 radical (unpaired) electrons. The van der Waals surface area contributed by atoms with Crippen LogP contribution in [0.3, 0.4) is 0 Å². The Bertz CT molecular complexity index is 4440. The van der Waals surface area contributed by atoms with Crippen molar-refractivity contribution in [3.8, 4) is 11.5 Å². The van der Waals surface area contributed by atoms with E-state index in [1.165, 1.54) is 12.1 Å². The third-order valence-electron chi connectivity index (χ3n) is 10.4. The lowest BCUT2D eigenvalue weighted by molar-refractivity contribution is -0.434. The van der Waals surface area contributed by atoms with Gasteiger partial charge in [-0.3, -0.25) is 22.4 Å². The van der Waals surface area contributed by atoms with E-state index in [0.29, 0.717) is 6.07 Å². The second-order valence-corrected chi connectivity index (χ2v) is 26.8. The number of hydrogen-bond donors (Lipinski definition) is 10. The van der Waals surface area contributed by atoms with Gasteiger partial charge < -0.3 is 20.8 Å². The van der Waals surface area contributed by atoms with Gasteiger partial charge in [0.05, 0.1) is 79.1 Å². The van der Waals surface area contributed by atoms with Crippen molar-refractivity contribution in [2.24, 2.45) is 20.5 Å². The second kappa shape index (κ2) is 25.8. The van der Waals surface area contributed by atoms with Gasteiger partial charge in [-0.2, -0.15) is 58.9 Å². The highest BCUT2D eigenvalue weighted by atomic mass is 35.5. The molecule has 44 heteroatoms. The normalized spacial score (nSPS) is 13.0. The number of benzene rings is 6. The first-order valence-electron chi connectivity index (χ1n) is 21.4. The molecule has 0 fully saturated rings. The van der Waals surface area contributed by atoms with E-state index >= 15 is 0 Å². The van der Waals surface area contributed by atoms with Crippen LogP contribution in [-0.2, 0) is 87.5 Å². The molecule has 0 saturated carbocycles. The summed E-state index contributed by atoms with van der Waals surface area (Å²) >= 11 is 6.61. The largest absolute Gasteiger partial charge is 0.505 e. The van der Waals surface area contributed by atoms with Crippen molar-refractivity contribution in [3.05, 3.63) is 90.2 Å². The zero-order valence-corrected chi connectivity index (χ0v) is 47.4. The summed E-state index contributed by atoms with van der Waals surface area (Å²) in [4.78, 5) is 7.69. The Hall–Kier alpha value is -6.54. The van der Waals surface area contributed by atoms with Gasteiger partial charge in [-0.15, -0.1) is 18.9 Å². The van der Waals surface area contributed by atoms with Gasteiger partial charge in [0.15, 0.2) is 43.5 Å². The van der Waals surface area contributed by atoms with Gasteiger partial charge >= 0.3 is 10.4 Å². The average Bonchev–Trinajstić information content (AvgIpc) is 1.70. The van der Waals surface area contributed by atoms with Gasteiger partial charge in [-0.1, -0.05) is 10.1 Å². The van der Waals surface area contributed by atoms with E-state index in [1.807, 2.05) is 0 Å². The average molecular weight is 1330 g/mol. The summed E-state index contributed by atoms with van der Waals surface area (Å²) < 4.78 is 206. The molecule has 0 aliphatic heterocycles. The van der Waals surface area contributed by atoms with Crippen molar-refractivity contribution >= 4 is 164 Å². The van der Waals surface area contributed by atoms with Crippen LogP contribution < -0.4 is 10.6 Å². The van der Waals surface area contributed by atoms with E-state index in [0.717, 1.165) is 66.7 Å². The highest BCUT2D eigenvalue weighted by Crippen LogP contribution is 2.48. The maximum Gasteiger partial charge on any atom is 0.397 e. The molecule has 10 N–H and O–H groups in total. The van der Waals surface area contributed by atoms with E-state index in [-0.39, 0.29) is 56.3 Å². The monoisotopic (exact) mass is 1330 g/mol. The minimum Gasteiger partial charge on any atom is -0.505 e. The minimum absolute atomic E-state index is 0.0147. The molecule has 83 heavy (non-hydrogen) atoms. The molecule has 444 valence electrons. The molecule has 0 bridgehead atoms. The number of hydrogen-bond acceptors (Lipinski definition) is 33. The van der Waals surface area contributed by atoms with Crippen LogP contribution >= 0.6 is 36.0 Å². The van der Waals surface area contributed by atoms with Crippen LogP contribution in [0.2, 0.25) is 5.28 Å². The van der Waals surface area contributed by atoms with Crippen LogP contribution in [0.1, 0.15) is 0 Å². The van der Waals surface area contributed by atoms with Gasteiger partial charge in [0, 0.05) is 16.2 Å². The number of aromatic nitrogens is 3.